The van der Waals surface area contributed by atoms with Gasteiger partial charge < -0.3 is 10.2 Å². The molecule has 0 bridgehead atoms. The second kappa shape index (κ2) is 11.8. The van der Waals surface area contributed by atoms with Crippen molar-refractivity contribution in [1.82, 2.24) is 10.2 Å². The summed E-state index contributed by atoms with van der Waals surface area (Å²) in [5.41, 5.74) is 0.864. The summed E-state index contributed by atoms with van der Waals surface area (Å²) in [5, 5.41) is 2.84. The van der Waals surface area contributed by atoms with E-state index >= 15 is 0 Å². The van der Waals surface area contributed by atoms with Crippen LogP contribution < -0.4 is 9.62 Å². The first kappa shape index (κ1) is 28.8. The van der Waals surface area contributed by atoms with E-state index in [1.165, 1.54) is 35.2 Å². The molecule has 9 heteroatoms. The van der Waals surface area contributed by atoms with Gasteiger partial charge in [0.2, 0.25) is 11.8 Å². The third kappa shape index (κ3) is 7.19. The molecule has 0 heterocycles. The number of aryl methyl sites for hydroxylation is 1. The standard InChI is InChI=1S/C29H34FN3O4S/c1-21-15-17-24(18-16-21)33(38(36,37)25-12-7-6-8-13-25)20-27(34)32(19-23-11-9-10-14-26(23)30)22(2)28(35)31-29(3,4)5/h6-18,22H,19-20H2,1-5H3,(H,31,35)/t22-/m1/s1. The van der Waals surface area contributed by atoms with Crippen molar-refractivity contribution in [3.63, 3.8) is 0 Å². The predicted molar refractivity (Wildman–Crippen MR) is 146 cm³/mol. The Morgan fingerprint density at radius 2 is 1.50 bits per heavy atom. The van der Waals surface area contributed by atoms with Crippen molar-refractivity contribution >= 4 is 27.5 Å². The minimum atomic E-state index is -4.14. The monoisotopic (exact) mass is 539 g/mol. The molecule has 1 atom stereocenters. The van der Waals surface area contributed by atoms with Gasteiger partial charge in [-0.1, -0.05) is 54.1 Å². The Morgan fingerprint density at radius 1 is 0.921 bits per heavy atom. The van der Waals surface area contributed by atoms with E-state index in [2.05, 4.69) is 5.32 Å². The highest BCUT2D eigenvalue weighted by Gasteiger charge is 2.33. The highest BCUT2D eigenvalue weighted by Crippen LogP contribution is 2.25. The zero-order valence-electron chi connectivity index (χ0n) is 22.3. The van der Waals surface area contributed by atoms with Crippen LogP contribution >= 0.6 is 0 Å². The highest BCUT2D eigenvalue weighted by molar-refractivity contribution is 7.92. The first-order valence-corrected chi connectivity index (χ1v) is 13.7. The van der Waals surface area contributed by atoms with Crippen LogP contribution in [-0.2, 0) is 26.2 Å². The second-order valence-electron chi connectivity index (χ2n) is 10.2. The van der Waals surface area contributed by atoms with E-state index in [1.54, 1.807) is 55.5 Å². The van der Waals surface area contributed by atoms with Crippen molar-refractivity contribution in [3.05, 3.63) is 95.8 Å². The zero-order valence-corrected chi connectivity index (χ0v) is 23.1. The molecule has 2 amide bonds. The molecule has 0 aromatic heterocycles. The van der Waals surface area contributed by atoms with E-state index in [-0.39, 0.29) is 17.0 Å². The van der Waals surface area contributed by atoms with Crippen LogP contribution in [0, 0.1) is 12.7 Å². The van der Waals surface area contributed by atoms with Crippen molar-refractivity contribution in [2.75, 3.05) is 10.8 Å². The Kier molecular flexibility index (Phi) is 8.93. The molecule has 0 aliphatic rings. The summed E-state index contributed by atoms with van der Waals surface area (Å²) in [7, 11) is -4.14. The number of hydrogen-bond acceptors (Lipinski definition) is 4. The lowest BCUT2D eigenvalue weighted by Gasteiger charge is -2.33. The molecule has 0 aliphatic carbocycles. The molecular formula is C29H34FN3O4S. The molecule has 0 aliphatic heterocycles. The van der Waals surface area contributed by atoms with E-state index in [4.69, 9.17) is 0 Å². The molecule has 0 spiro atoms. The topological polar surface area (TPSA) is 86.8 Å². The number of carbonyl (C=O) groups is 2. The summed E-state index contributed by atoms with van der Waals surface area (Å²) in [6.07, 6.45) is 0. The summed E-state index contributed by atoms with van der Waals surface area (Å²) < 4.78 is 43.0. The Morgan fingerprint density at radius 3 is 2.08 bits per heavy atom. The number of nitrogens with one attached hydrogen (secondary N) is 1. The number of rotatable bonds is 9. The molecule has 3 rings (SSSR count). The van der Waals surface area contributed by atoms with Crippen LogP contribution in [0.5, 0.6) is 0 Å². The molecule has 0 fully saturated rings. The Bertz CT molecular complexity index is 1370. The molecule has 0 unspecified atom stereocenters. The summed E-state index contributed by atoms with van der Waals surface area (Å²) in [4.78, 5) is 28.1. The number of nitrogens with zero attached hydrogens (tertiary/aromatic N) is 2. The van der Waals surface area contributed by atoms with Crippen LogP contribution in [0.1, 0.15) is 38.8 Å². The number of amides is 2. The number of halogens is 1. The summed E-state index contributed by atoms with van der Waals surface area (Å²) in [6, 6.07) is 19.6. The van der Waals surface area contributed by atoms with Crippen LogP contribution in [-0.4, -0.2) is 43.3 Å². The average Bonchev–Trinajstić information content (AvgIpc) is 2.86. The second-order valence-corrected chi connectivity index (χ2v) is 12.1. The maximum absolute atomic E-state index is 14.6. The van der Waals surface area contributed by atoms with E-state index in [9.17, 15) is 22.4 Å². The number of carbonyl (C=O) groups excluding carboxylic acids is 2. The highest BCUT2D eigenvalue weighted by atomic mass is 32.2. The van der Waals surface area contributed by atoms with Crippen molar-refractivity contribution in [1.29, 1.82) is 0 Å². The minimum Gasteiger partial charge on any atom is -0.350 e. The van der Waals surface area contributed by atoms with Gasteiger partial charge in [-0.15, -0.1) is 0 Å². The third-order valence-electron chi connectivity index (χ3n) is 5.90. The van der Waals surface area contributed by atoms with Crippen LogP contribution in [0.4, 0.5) is 10.1 Å². The first-order valence-electron chi connectivity index (χ1n) is 12.3. The maximum Gasteiger partial charge on any atom is 0.264 e. The molecule has 0 saturated heterocycles. The van der Waals surface area contributed by atoms with E-state index in [1.807, 2.05) is 27.7 Å². The molecular weight excluding hydrogens is 505 g/mol. The third-order valence-corrected chi connectivity index (χ3v) is 7.68. The Balaban J connectivity index is 2.03. The van der Waals surface area contributed by atoms with Gasteiger partial charge in [0.25, 0.3) is 10.0 Å². The van der Waals surface area contributed by atoms with Crippen molar-refractivity contribution in [2.45, 2.75) is 57.6 Å². The number of anilines is 1. The zero-order chi connectivity index (χ0) is 28.1. The van der Waals surface area contributed by atoms with Gasteiger partial charge in [-0.2, -0.15) is 0 Å². The first-order chi connectivity index (χ1) is 17.8. The molecule has 38 heavy (non-hydrogen) atoms. The van der Waals surface area contributed by atoms with E-state index in [0.717, 1.165) is 9.87 Å². The van der Waals surface area contributed by atoms with E-state index in [0.29, 0.717) is 5.69 Å². The molecule has 0 radical (unpaired) electrons. The van der Waals surface area contributed by atoms with Gasteiger partial charge in [-0.25, -0.2) is 12.8 Å². The fourth-order valence-corrected chi connectivity index (χ4v) is 5.26. The molecule has 202 valence electrons. The van der Waals surface area contributed by atoms with Crippen LogP contribution in [0.2, 0.25) is 0 Å². The van der Waals surface area contributed by atoms with Gasteiger partial charge in [-0.3, -0.25) is 13.9 Å². The molecule has 3 aromatic carbocycles. The molecule has 1 N–H and O–H groups in total. The Labute approximate surface area is 224 Å². The lowest BCUT2D eigenvalue weighted by atomic mass is 10.1. The fraction of sp³-hybridized carbons (Fsp3) is 0.310. The number of sulfonamides is 1. The predicted octanol–water partition coefficient (Wildman–Crippen LogP) is 4.66. The lowest BCUT2D eigenvalue weighted by Crippen LogP contribution is -2.54. The van der Waals surface area contributed by atoms with Gasteiger partial charge in [0, 0.05) is 17.6 Å². The van der Waals surface area contributed by atoms with Gasteiger partial charge in [0.05, 0.1) is 10.6 Å². The van der Waals surface area contributed by atoms with Crippen LogP contribution in [0.15, 0.2) is 83.8 Å². The largest absolute Gasteiger partial charge is 0.350 e. The maximum atomic E-state index is 14.6. The van der Waals surface area contributed by atoms with Gasteiger partial charge in [0.15, 0.2) is 0 Å². The number of hydrogen-bond donors (Lipinski definition) is 1. The van der Waals surface area contributed by atoms with Crippen molar-refractivity contribution in [2.24, 2.45) is 0 Å². The van der Waals surface area contributed by atoms with Gasteiger partial charge in [0.1, 0.15) is 18.4 Å². The van der Waals surface area contributed by atoms with Gasteiger partial charge in [-0.05, 0) is 65.0 Å². The average molecular weight is 540 g/mol. The summed E-state index contributed by atoms with van der Waals surface area (Å²) in [6.45, 7) is 8.06. The van der Waals surface area contributed by atoms with E-state index < -0.39 is 45.8 Å². The lowest BCUT2D eigenvalue weighted by molar-refractivity contribution is -0.140. The SMILES string of the molecule is Cc1ccc(N(CC(=O)N(Cc2ccccc2F)[C@H](C)C(=O)NC(C)(C)C)S(=O)(=O)c2ccccc2)cc1. The summed E-state index contributed by atoms with van der Waals surface area (Å²) in [5.74, 6) is -1.61. The summed E-state index contributed by atoms with van der Waals surface area (Å²) >= 11 is 0. The van der Waals surface area contributed by atoms with Crippen molar-refractivity contribution in [3.8, 4) is 0 Å². The normalized spacial score (nSPS) is 12.5. The molecule has 3 aromatic rings. The van der Waals surface area contributed by atoms with Crippen LogP contribution in [0.25, 0.3) is 0 Å². The molecule has 0 saturated carbocycles. The molecule has 7 nitrogen and oxygen atoms in total. The van der Waals surface area contributed by atoms with Crippen LogP contribution in [0.3, 0.4) is 0 Å². The minimum absolute atomic E-state index is 0.0209. The quantitative estimate of drug-likeness (QED) is 0.429. The number of benzene rings is 3. The van der Waals surface area contributed by atoms with Crippen molar-refractivity contribution < 1.29 is 22.4 Å². The van der Waals surface area contributed by atoms with Gasteiger partial charge >= 0.3 is 0 Å². The fourth-order valence-electron chi connectivity index (χ4n) is 3.83. The Hall–Kier alpha value is -3.72. The smallest absolute Gasteiger partial charge is 0.264 e.